The summed E-state index contributed by atoms with van der Waals surface area (Å²) in [5, 5.41) is 12.2. The predicted octanol–water partition coefficient (Wildman–Crippen LogP) is 7.88. The van der Waals surface area contributed by atoms with Crippen LogP contribution in [-0.2, 0) is 21.8 Å². The first-order valence-corrected chi connectivity index (χ1v) is 17.7. The lowest BCUT2D eigenvalue weighted by molar-refractivity contribution is -0.112. The van der Waals surface area contributed by atoms with Crippen LogP contribution >= 0.6 is 11.8 Å². The van der Waals surface area contributed by atoms with Gasteiger partial charge >= 0.3 is 0 Å². The maximum absolute atomic E-state index is 13.5. The molecule has 2 aromatic carbocycles. The number of nitrogens with zero attached hydrogens (tertiary/aromatic N) is 5. The fourth-order valence-corrected chi connectivity index (χ4v) is 6.27. The summed E-state index contributed by atoms with van der Waals surface area (Å²) in [5.74, 6) is 2.35. The number of fused-ring (bicyclic) bond motifs is 1. The highest BCUT2D eigenvalue weighted by molar-refractivity contribution is 7.98. The van der Waals surface area contributed by atoms with Gasteiger partial charge in [-0.3, -0.25) is 4.79 Å². The monoisotopic (exact) mass is 654 g/mol. The molecular weight excluding hydrogens is 609 g/mol. The number of hydrogen-bond donors (Lipinski definition) is 1. The smallest absolute Gasteiger partial charge is 0.251 e. The van der Waals surface area contributed by atoms with E-state index in [9.17, 15) is 4.79 Å². The van der Waals surface area contributed by atoms with Crippen LogP contribution in [0.4, 0.5) is 11.4 Å². The first-order valence-electron chi connectivity index (χ1n) is 16.7. The van der Waals surface area contributed by atoms with Gasteiger partial charge in [0.25, 0.3) is 5.91 Å². The molecule has 3 heterocycles. The third-order valence-electron chi connectivity index (χ3n) is 7.96. The lowest BCUT2D eigenvalue weighted by atomic mass is 10.00. The molecule has 0 aliphatic carbocycles. The first-order chi connectivity index (χ1) is 23.1. The van der Waals surface area contributed by atoms with E-state index in [1.807, 2.05) is 30.3 Å². The van der Waals surface area contributed by atoms with Crippen LogP contribution < -0.4 is 15.0 Å². The van der Waals surface area contributed by atoms with Gasteiger partial charge in [0, 0.05) is 37.5 Å². The van der Waals surface area contributed by atoms with Crippen LogP contribution in [0.15, 0.2) is 77.7 Å². The molecule has 0 saturated heterocycles. The van der Waals surface area contributed by atoms with E-state index in [2.05, 4.69) is 81.1 Å². The van der Waals surface area contributed by atoms with Crippen LogP contribution in [0.3, 0.4) is 0 Å². The van der Waals surface area contributed by atoms with Crippen molar-refractivity contribution in [2.24, 2.45) is 0 Å². The second-order valence-electron chi connectivity index (χ2n) is 11.6. The van der Waals surface area contributed by atoms with E-state index in [1.54, 1.807) is 24.3 Å². The maximum atomic E-state index is 13.5. The average molecular weight is 655 g/mol. The molecule has 1 aliphatic heterocycles. The summed E-state index contributed by atoms with van der Waals surface area (Å²) in [6, 6.07) is 18.5. The zero-order valence-electron chi connectivity index (χ0n) is 27.8. The number of nitrogens with one attached hydrogen (secondary N) is 1. The number of benzene rings is 2. The molecule has 0 bridgehead atoms. The second-order valence-corrected chi connectivity index (χ2v) is 12.6. The van der Waals surface area contributed by atoms with Crippen molar-refractivity contribution in [2.45, 2.75) is 70.2 Å². The van der Waals surface area contributed by atoms with E-state index >= 15 is 0 Å². The summed E-state index contributed by atoms with van der Waals surface area (Å²) < 4.78 is 13.5. The second kappa shape index (κ2) is 17.7. The Balaban J connectivity index is 1.24. The lowest BCUT2D eigenvalue weighted by Gasteiger charge is -2.25. The van der Waals surface area contributed by atoms with Gasteiger partial charge < -0.3 is 24.3 Å². The molecule has 0 fully saturated rings. The van der Waals surface area contributed by atoms with Gasteiger partial charge in [0.05, 0.1) is 29.3 Å². The molecule has 0 unspecified atom stereocenters. The molecule has 0 spiro atoms. The number of unbranched alkanes of at least 4 members (excludes halogenated alkanes) is 1. The Bertz CT molecular complexity index is 1600. The van der Waals surface area contributed by atoms with Crippen molar-refractivity contribution in [1.82, 2.24) is 19.7 Å². The molecule has 9 nitrogen and oxygen atoms in total. The number of hydrogen-bond acceptors (Lipinski definition) is 8. The standard InChI is InChI=1S/C37H46N6O3S/c1-4-7-20-45-21-22-46-33-12-8-28(9-13-33)29-10-14-34-31(23-29)24-30(16-19-42(34)17-5-2)37(44)40-32-11-15-36(38-25-32)47-26-35-41-39-27-43(35)18-6-3/h8-15,23-25,27H,4-7,16-22,26H2,1-3H3,(H,40,44). The molecule has 47 heavy (non-hydrogen) atoms. The molecule has 1 aliphatic rings. The van der Waals surface area contributed by atoms with Gasteiger partial charge in [0.1, 0.15) is 24.5 Å². The number of pyridine rings is 1. The number of rotatable bonds is 17. The Morgan fingerprint density at radius 2 is 1.77 bits per heavy atom. The largest absolute Gasteiger partial charge is 0.491 e. The highest BCUT2D eigenvalue weighted by Crippen LogP contribution is 2.33. The minimum atomic E-state index is -0.102. The Morgan fingerprint density at radius 1 is 0.936 bits per heavy atom. The molecule has 2 aromatic heterocycles. The number of aromatic nitrogens is 4. The lowest BCUT2D eigenvalue weighted by Crippen LogP contribution is -2.26. The summed E-state index contributed by atoms with van der Waals surface area (Å²) in [5.41, 5.74) is 5.81. The van der Waals surface area contributed by atoms with Gasteiger partial charge in [-0.15, -0.1) is 10.2 Å². The maximum Gasteiger partial charge on any atom is 0.251 e. The summed E-state index contributed by atoms with van der Waals surface area (Å²) in [6.07, 6.45) is 10.5. The third kappa shape index (κ3) is 9.68. The van der Waals surface area contributed by atoms with Crippen LogP contribution in [0.1, 0.15) is 64.3 Å². The summed E-state index contributed by atoms with van der Waals surface area (Å²) in [7, 11) is 0. The first kappa shape index (κ1) is 34.2. The predicted molar refractivity (Wildman–Crippen MR) is 191 cm³/mol. The minimum Gasteiger partial charge on any atom is -0.491 e. The van der Waals surface area contributed by atoms with Gasteiger partial charge in [-0.2, -0.15) is 0 Å². The number of anilines is 2. The van der Waals surface area contributed by atoms with Crippen molar-refractivity contribution >= 4 is 35.1 Å². The molecule has 0 saturated carbocycles. The average Bonchev–Trinajstić information content (AvgIpc) is 3.46. The highest BCUT2D eigenvalue weighted by Gasteiger charge is 2.20. The quantitative estimate of drug-likeness (QED) is 0.0908. The molecule has 0 atom stereocenters. The molecule has 5 rings (SSSR count). The highest BCUT2D eigenvalue weighted by atomic mass is 32.2. The summed E-state index contributed by atoms with van der Waals surface area (Å²) in [6.45, 7) is 11.0. The van der Waals surface area contributed by atoms with E-state index < -0.39 is 0 Å². The molecule has 248 valence electrons. The van der Waals surface area contributed by atoms with Crippen molar-refractivity contribution in [2.75, 3.05) is 43.1 Å². The fraction of sp³-hybridized carbons (Fsp3) is 0.405. The fourth-order valence-electron chi connectivity index (χ4n) is 5.47. The molecule has 4 aromatic rings. The number of thioether (sulfide) groups is 1. The number of carbonyl (C=O) groups is 1. The Kier molecular flexibility index (Phi) is 12.9. The van der Waals surface area contributed by atoms with Crippen molar-refractivity contribution in [3.63, 3.8) is 0 Å². The van der Waals surface area contributed by atoms with Crippen molar-refractivity contribution in [1.29, 1.82) is 0 Å². The van der Waals surface area contributed by atoms with Gasteiger partial charge in [-0.05, 0) is 84.8 Å². The Morgan fingerprint density at radius 3 is 2.53 bits per heavy atom. The van der Waals surface area contributed by atoms with E-state index in [-0.39, 0.29) is 5.91 Å². The molecule has 1 N–H and O–H groups in total. The van der Waals surface area contributed by atoms with Gasteiger partial charge in [0.15, 0.2) is 0 Å². The zero-order chi connectivity index (χ0) is 32.8. The molecular formula is C37H46N6O3S. The molecule has 1 amide bonds. The minimum absolute atomic E-state index is 0.102. The van der Waals surface area contributed by atoms with E-state index in [4.69, 9.17) is 9.47 Å². The van der Waals surface area contributed by atoms with E-state index in [1.165, 1.54) is 0 Å². The Labute approximate surface area is 282 Å². The topological polar surface area (TPSA) is 94.4 Å². The van der Waals surface area contributed by atoms with Crippen LogP contribution in [-0.4, -0.2) is 58.6 Å². The summed E-state index contributed by atoms with van der Waals surface area (Å²) in [4.78, 5) is 20.5. The normalized spacial score (nSPS) is 12.7. The van der Waals surface area contributed by atoms with Gasteiger partial charge in [-0.1, -0.05) is 57.2 Å². The van der Waals surface area contributed by atoms with Crippen LogP contribution in [0.5, 0.6) is 5.75 Å². The van der Waals surface area contributed by atoms with Crippen molar-refractivity contribution in [3.05, 3.63) is 84.1 Å². The Hall–Kier alpha value is -4.15. The zero-order valence-corrected chi connectivity index (χ0v) is 28.6. The third-order valence-corrected chi connectivity index (χ3v) is 8.90. The van der Waals surface area contributed by atoms with Gasteiger partial charge in [0.2, 0.25) is 0 Å². The molecule has 0 radical (unpaired) electrons. The number of amides is 1. The number of aryl methyl sites for hydroxylation is 1. The van der Waals surface area contributed by atoms with Gasteiger partial charge in [-0.25, -0.2) is 4.98 Å². The summed E-state index contributed by atoms with van der Waals surface area (Å²) >= 11 is 1.60. The number of carbonyl (C=O) groups excluding carboxylic acids is 1. The van der Waals surface area contributed by atoms with Crippen LogP contribution in [0, 0.1) is 0 Å². The van der Waals surface area contributed by atoms with Crippen molar-refractivity contribution in [3.8, 4) is 16.9 Å². The van der Waals surface area contributed by atoms with Crippen LogP contribution in [0.2, 0.25) is 0 Å². The van der Waals surface area contributed by atoms with E-state index in [0.717, 1.165) is 96.5 Å². The van der Waals surface area contributed by atoms with Crippen molar-refractivity contribution < 1.29 is 14.3 Å². The van der Waals surface area contributed by atoms with Crippen LogP contribution in [0.25, 0.3) is 17.2 Å². The SMILES string of the molecule is CCCCOCCOc1ccc(-c2ccc3c(c2)C=C(C(=O)Nc2ccc(SCc4nncn4CCC)nc2)CCN3CCC)cc1. The molecule has 10 heteroatoms. The number of ether oxygens (including phenoxy) is 2. The van der Waals surface area contributed by atoms with E-state index in [0.29, 0.717) is 31.1 Å².